The number of hydrogen-bond acceptors (Lipinski definition) is 3. The normalized spacial score (nSPS) is 17.4. The van der Waals surface area contributed by atoms with Crippen molar-refractivity contribution in [2.24, 2.45) is 5.73 Å². The number of carbonyl (C=O) groups excluding carboxylic acids is 1. The van der Waals surface area contributed by atoms with Crippen molar-refractivity contribution in [1.82, 2.24) is 4.90 Å². The third-order valence-electron chi connectivity index (χ3n) is 4.95. The summed E-state index contributed by atoms with van der Waals surface area (Å²) in [7, 11) is 0. The summed E-state index contributed by atoms with van der Waals surface area (Å²) in [6, 6.07) is 14.2. The first-order chi connectivity index (χ1) is 13.2. The fourth-order valence-electron chi connectivity index (χ4n) is 3.67. The van der Waals surface area contributed by atoms with Gasteiger partial charge in [-0.25, -0.2) is 4.39 Å². The third-order valence-corrected chi connectivity index (χ3v) is 4.95. The average molecular weight is 370 g/mol. The summed E-state index contributed by atoms with van der Waals surface area (Å²) in [5.74, 6) is 0.541. The van der Waals surface area contributed by atoms with Crippen LogP contribution in [0.15, 0.2) is 48.5 Å². The molecule has 1 atom stereocenters. The van der Waals surface area contributed by atoms with Gasteiger partial charge in [0.2, 0.25) is 5.91 Å². The van der Waals surface area contributed by atoms with Crippen molar-refractivity contribution in [3.05, 3.63) is 65.5 Å². The smallest absolute Gasteiger partial charge is 0.227 e. The fourth-order valence-corrected chi connectivity index (χ4v) is 3.67. The molecule has 2 aromatic carbocycles. The van der Waals surface area contributed by atoms with Gasteiger partial charge in [0.05, 0.1) is 12.5 Å². The quantitative estimate of drug-likeness (QED) is 0.840. The van der Waals surface area contributed by atoms with Gasteiger partial charge in [0.1, 0.15) is 18.2 Å². The lowest BCUT2D eigenvalue weighted by atomic mass is 10.00. The zero-order chi connectivity index (χ0) is 19.1. The number of hydrogen-bond donors (Lipinski definition) is 1. The first kappa shape index (κ1) is 19.4. The van der Waals surface area contributed by atoms with Crippen LogP contribution < -0.4 is 10.5 Å². The molecule has 3 rings (SSSR count). The number of ether oxygens (including phenoxy) is 1. The van der Waals surface area contributed by atoms with E-state index in [-0.39, 0.29) is 17.8 Å². The van der Waals surface area contributed by atoms with E-state index in [0.29, 0.717) is 26.1 Å². The highest BCUT2D eigenvalue weighted by molar-refractivity contribution is 5.79. The zero-order valence-corrected chi connectivity index (χ0v) is 15.6. The van der Waals surface area contributed by atoms with E-state index >= 15 is 0 Å². The summed E-state index contributed by atoms with van der Waals surface area (Å²) < 4.78 is 19.3. The second kappa shape index (κ2) is 9.51. The van der Waals surface area contributed by atoms with Gasteiger partial charge in [-0.15, -0.1) is 0 Å². The fraction of sp³-hybridized carbons (Fsp3) is 0.409. The van der Waals surface area contributed by atoms with Gasteiger partial charge in [0, 0.05) is 13.1 Å². The first-order valence-corrected chi connectivity index (χ1v) is 9.64. The van der Waals surface area contributed by atoms with Gasteiger partial charge in [-0.2, -0.15) is 0 Å². The summed E-state index contributed by atoms with van der Waals surface area (Å²) in [4.78, 5) is 15.0. The minimum Gasteiger partial charge on any atom is -0.492 e. The van der Waals surface area contributed by atoms with Crippen LogP contribution in [0.1, 0.15) is 42.9 Å². The van der Waals surface area contributed by atoms with Crippen molar-refractivity contribution in [1.29, 1.82) is 0 Å². The molecule has 0 radical (unpaired) electrons. The maximum atomic E-state index is 13.7. The maximum Gasteiger partial charge on any atom is 0.227 e. The van der Waals surface area contributed by atoms with Crippen LogP contribution in [0.3, 0.4) is 0 Å². The lowest BCUT2D eigenvalue weighted by Gasteiger charge is -2.31. The molecule has 0 aromatic heterocycles. The van der Waals surface area contributed by atoms with Gasteiger partial charge < -0.3 is 15.4 Å². The van der Waals surface area contributed by atoms with Gasteiger partial charge in [0.15, 0.2) is 0 Å². The maximum absolute atomic E-state index is 13.7. The first-order valence-electron chi connectivity index (χ1n) is 9.64. The molecule has 0 spiro atoms. The van der Waals surface area contributed by atoms with Crippen molar-refractivity contribution in [2.45, 2.75) is 38.1 Å². The van der Waals surface area contributed by atoms with Crippen molar-refractivity contribution in [3.63, 3.8) is 0 Å². The number of benzene rings is 2. The van der Waals surface area contributed by atoms with Crippen molar-refractivity contribution < 1.29 is 13.9 Å². The van der Waals surface area contributed by atoms with E-state index in [1.807, 2.05) is 35.2 Å². The number of halogens is 1. The standard InChI is InChI=1S/C22H27FN2O2/c23-19-8-5-7-18(16-19)21-10-2-1-3-12-25(21)22(26)15-17-6-4-9-20(14-17)27-13-11-24/h4-9,14,16,21H,1-3,10-13,15,24H2/t21-/m0/s1. The SMILES string of the molecule is NCCOc1cccc(CC(=O)N2CCCCC[C@H]2c2cccc(F)c2)c1. The molecular weight excluding hydrogens is 343 g/mol. The lowest BCUT2D eigenvalue weighted by molar-refractivity contribution is -0.132. The molecule has 1 fully saturated rings. The van der Waals surface area contributed by atoms with Gasteiger partial charge in [0.25, 0.3) is 0 Å². The molecule has 27 heavy (non-hydrogen) atoms. The number of nitrogens with two attached hydrogens (primary N) is 1. The molecule has 5 heteroatoms. The summed E-state index contributed by atoms with van der Waals surface area (Å²) >= 11 is 0. The van der Waals surface area contributed by atoms with Crippen molar-refractivity contribution in [3.8, 4) is 5.75 Å². The predicted molar refractivity (Wildman–Crippen MR) is 104 cm³/mol. The topological polar surface area (TPSA) is 55.6 Å². The summed E-state index contributed by atoms with van der Waals surface area (Å²) in [5.41, 5.74) is 7.27. The van der Waals surface area contributed by atoms with Gasteiger partial charge in [-0.3, -0.25) is 4.79 Å². The molecule has 1 heterocycles. The Morgan fingerprint density at radius 2 is 2.00 bits per heavy atom. The van der Waals surface area contributed by atoms with E-state index < -0.39 is 0 Å². The second-order valence-electron chi connectivity index (χ2n) is 6.97. The van der Waals surface area contributed by atoms with Crippen LogP contribution in [0.2, 0.25) is 0 Å². The molecule has 1 aliphatic rings. The van der Waals surface area contributed by atoms with Crippen LogP contribution in [-0.2, 0) is 11.2 Å². The number of likely N-dealkylation sites (tertiary alicyclic amines) is 1. The Bertz CT molecular complexity index is 765. The molecule has 0 bridgehead atoms. The van der Waals surface area contributed by atoms with Crippen LogP contribution in [0.25, 0.3) is 0 Å². The van der Waals surface area contributed by atoms with Gasteiger partial charge >= 0.3 is 0 Å². The van der Waals surface area contributed by atoms with E-state index in [9.17, 15) is 9.18 Å². The molecule has 144 valence electrons. The molecule has 0 aliphatic carbocycles. The largest absolute Gasteiger partial charge is 0.492 e. The molecule has 0 unspecified atom stereocenters. The second-order valence-corrected chi connectivity index (χ2v) is 6.97. The van der Waals surface area contributed by atoms with E-state index in [2.05, 4.69) is 0 Å². The Morgan fingerprint density at radius 3 is 2.81 bits per heavy atom. The molecule has 0 saturated carbocycles. The minimum atomic E-state index is -0.256. The van der Waals surface area contributed by atoms with Crippen LogP contribution in [-0.4, -0.2) is 30.5 Å². The van der Waals surface area contributed by atoms with Gasteiger partial charge in [-0.1, -0.05) is 37.1 Å². The third kappa shape index (κ3) is 5.30. The van der Waals surface area contributed by atoms with E-state index in [1.54, 1.807) is 12.1 Å². The molecule has 2 aromatic rings. The summed E-state index contributed by atoms with van der Waals surface area (Å²) in [6.07, 6.45) is 4.31. The molecule has 4 nitrogen and oxygen atoms in total. The summed E-state index contributed by atoms with van der Waals surface area (Å²) in [5, 5.41) is 0. The van der Waals surface area contributed by atoms with E-state index in [4.69, 9.17) is 10.5 Å². The van der Waals surface area contributed by atoms with Crippen LogP contribution in [0.5, 0.6) is 5.75 Å². The Morgan fingerprint density at radius 1 is 1.15 bits per heavy atom. The highest BCUT2D eigenvalue weighted by Crippen LogP contribution is 2.31. The molecular formula is C22H27FN2O2. The van der Waals surface area contributed by atoms with E-state index in [0.717, 1.165) is 42.6 Å². The Labute approximate surface area is 160 Å². The Hall–Kier alpha value is -2.40. The zero-order valence-electron chi connectivity index (χ0n) is 15.6. The highest BCUT2D eigenvalue weighted by atomic mass is 19.1. The Balaban J connectivity index is 1.76. The van der Waals surface area contributed by atoms with Crippen LogP contribution in [0.4, 0.5) is 4.39 Å². The minimum absolute atomic E-state index is 0.0626. The number of amides is 1. The molecule has 1 amide bonds. The van der Waals surface area contributed by atoms with Gasteiger partial charge in [-0.05, 0) is 48.2 Å². The van der Waals surface area contributed by atoms with Crippen LogP contribution in [0, 0.1) is 5.82 Å². The van der Waals surface area contributed by atoms with Crippen LogP contribution >= 0.6 is 0 Å². The monoisotopic (exact) mass is 370 g/mol. The molecule has 1 aliphatic heterocycles. The number of nitrogens with zero attached hydrogens (tertiary/aromatic N) is 1. The molecule has 1 saturated heterocycles. The van der Waals surface area contributed by atoms with Crippen molar-refractivity contribution >= 4 is 5.91 Å². The number of rotatable bonds is 6. The Kier molecular flexibility index (Phi) is 6.82. The lowest BCUT2D eigenvalue weighted by Crippen LogP contribution is -2.36. The summed E-state index contributed by atoms with van der Waals surface area (Å²) in [6.45, 7) is 1.61. The average Bonchev–Trinajstić information content (AvgIpc) is 2.93. The highest BCUT2D eigenvalue weighted by Gasteiger charge is 2.27. The predicted octanol–water partition coefficient (Wildman–Crippen LogP) is 3.85. The van der Waals surface area contributed by atoms with E-state index in [1.165, 1.54) is 6.07 Å². The molecule has 2 N–H and O–H groups in total. The van der Waals surface area contributed by atoms with Crippen molar-refractivity contribution in [2.75, 3.05) is 19.7 Å². The number of carbonyl (C=O) groups is 1.